The van der Waals surface area contributed by atoms with E-state index in [1.54, 1.807) is 0 Å². The quantitative estimate of drug-likeness (QED) is 0.0567. The van der Waals surface area contributed by atoms with Crippen molar-refractivity contribution < 1.29 is 47.5 Å². The molecule has 0 bridgehead atoms. The zero-order valence-corrected chi connectivity index (χ0v) is 50.1. The average Bonchev–Trinajstić information content (AvgIpc) is 4.21. The Kier molecular flexibility index (Phi) is 33.8. The number of unbranched alkanes of at least 4 members (excludes halogenated alkanes) is 1. The van der Waals surface area contributed by atoms with Crippen LogP contribution < -0.4 is 5.32 Å². The molecule has 1 aromatic carbocycles. The van der Waals surface area contributed by atoms with E-state index < -0.39 is 0 Å². The van der Waals surface area contributed by atoms with Crippen molar-refractivity contribution in [3.05, 3.63) is 59.4 Å². The summed E-state index contributed by atoms with van der Waals surface area (Å²) in [6, 6.07) is 12.0. The van der Waals surface area contributed by atoms with Crippen molar-refractivity contribution in [3.8, 4) is 0 Å². The highest BCUT2D eigenvalue weighted by Crippen LogP contribution is 2.33. The van der Waals surface area contributed by atoms with Gasteiger partial charge in [-0.25, -0.2) is 4.68 Å². The first-order valence-corrected chi connectivity index (χ1v) is 30.2. The molecular formula is C59H103N11O10. The van der Waals surface area contributed by atoms with Crippen molar-refractivity contribution in [1.29, 1.82) is 0 Å². The van der Waals surface area contributed by atoms with Gasteiger partial charge in [0.1, 0.15) is 17.9 Å². The number of aldehydes is 1. The van der Waals surface area contributed by atoms with Crippen LogP contribution in [0.4, 0.5) is 0 Å². The fourth-order valence-corrected chi connectivity index (χ4v) is 10.5. The molecule has 0 saturated carbocycles. The third kappa shape index (κ3) is 26.2. The van der Waals surface area contributed by atoms with Crippen LogP contribution in [-0.4, -0.2) is 245 Å². The summed E-state index contributed by atoms with van der Waals surface area (Å²) >= 11 is 0. The van der Waals surface area contributed by atoms with Crippen LogP contribution in [-0.2, 0) is 60.4 Å². The van der Waals surface area contributed by atoms with Gasteiger partial charge >= 0.3 is 0 Å². The van der Waals surface area contributed by atoms with Gasteiger partial charge in [0.05, 0.1) is 130 Å². The van der Waals surface area contributed by atoms with E-state index in [0.29, 0.717) is 136 Å². The number of rotatable bonds is 43. The predicted octanol–water partition coefficient (Wildman–Crippen LogP) is 5.28. The third-order valence-electron chi connectivity index (χ3n) is 15.0. The normalized spacial score (nSPS) is 18.4. The van der Waals surface area contributed by atoms with Gasteiger partial charge in [0.2, 0.25) is 5.91 Å². The molecule has 21 heteroatoms. The minimum Gasteiger partial charge on any atom is -0.379 e. The van der Waals surface area contributed by atoms with Crippen molar-refractivity contribution in [3.63, 3.8) is 0 Å². The molecule has 2 aromatic heterocycles. The Morgan fingerprint density at radius 1 is 0.700 bits per heavy atom. The number of carbonyl (C=O) groups is 2. The summed E-state index contributed by atoms with van der Waals surface area (Å²) in [6.45, 7) is 31.2. The summed E-state index contributed by atoms with van der Waals surface area (Å²) in [7, 11) is 2.07. The highest BCUT2D eigenvalue weighted by atomic mass is 16.6. The fourth-order valence-electron chi connectivity index (χ4n) is 10.5. The Hall–Kier alpha value is -3.84. The van der Waals surface area contributed by atoms with Crippen molar-refractivity contribution in [2.75, 3.05) is 172 Å². The first-order valence-electron chi connectivity index (χ1n) is 30.2. The number of nitrogens with zero attached hydrogens (tertiary/aromatic N) is 10. The van der Waals surface area contributed by atoms with E-state index in [0.717, 1.165) is 121 Å². The number of piperazine rings is 1. The monoisotopic (exact) mass is 1130 g/mol. The molecule has 0 radical (unpaired) electrons. The molecule has 3 fully saturated rings. The van der Waals surface area contributed by atoms with Crippen molar-refractivity contribution in [1.82, 2.24) is 54.7 Å². The van der Waals surface area contributed by atoms with E-state index in [9.17, 15) is 9.59 Å². The lowest BCUT2D eigenvalue weighted by Gasteiger charge is -2.36. The molecule has 80 heavy (non-hydrogen) atoms. The van der Waals surface area contributed by atoms with E-state index in [1.807, 2.05) is 16.9 Å². The van der Waals surface area contributed by atoms with Crippen LogP contribution in [0.2, 0.25) is 0 Å². The molecule has 21 nitrogen and oxygen atoms in total. The van der Waals surface area contributed by atoms with Gasteiger partial charge in [-0.2, -0.15) is 0 Å². The molecule has 0 aliphatic carbocycles. The average molecular weight is 1130 g/mol. The third-order valence-corrected chi connectivity index (χ3v) is 15.0. The number of hydrogen-bond donors (Lipinski definition) is 1. The maximum Gasteiger partial charge on any atom is 0.226 e. The second-order valence-corrected chi connectivity index (χ2v) is 21.8. The molecule has 5 heterocycles. The van der Waals surface area contributed by atoms with Crippen molar-refractivity contribution >= 4 is 12.2 Å². The smallest absolute Gasteiger partial charge is 0.226 e. The van der Waals surface area contributed by atoms with E-state index in [2.05, 4.69) is 123 Å². The molecule has 1 amide bonds. The molecule has 3 aliphatic rings. The van der Waals surface area contributed by atoms with Crippen LogP contribution in [0, 0.1) is 12.8 Å². The van der Waals surface area contributed by atoms with Crippen LogP contribution in [0.5, 0.6) is 0 Å². The van der Waals surface area contributed by atoms with Gasteiger partial charge in [-0.05, 0) is 91.3 Å². The predicted molar refractivity (Wildman–Crippen MR) is 309 cm³/mol. The van der Waals surface area contributed by atoms with E-state index in [-0.39, 0.29) is 17.9 Å². The summed E-state index contributed by atoms with van der Waals surface area (Å²) in [5.74, 6) is 2.77. The minimum atomic E-state index is 0.0492. The standard InChI is InChI=1S/C31H59N5O9.C28H44N6O/c1-2-14-38-16-18-40-20-22-42-24-26-44-28-29-45-27-25-43-23-21-41-19-17-39-15-12-36-30-31(32-33-36)5-3-4-6-34-7-9-35(10-8-34)11-13-37;1-19(2)27-31-30-22(5)34(27)21(4)16-25-13-12-20(3)33(25)15-14-26(23-10-8-7-9-11-23)29-28(35)24-17-32(6)18-24/h13,30H,2-12,14-29H2,1H3;7-11,19-21,24-26H,12-18H2,1-6H3,(H,29,35). The Morgan fingerprint density at radius 2 is 1.26 bits per heavy atom. The molecule has 0 spiro atoms. The van der Waals surface area contributed by atoms with Crippen molar-refractivity contribution in [2.45, 2.75) is 130 Å². The second kappa shape index (κ2) is 40.4. The van der Waals surface area contributed by atoms with E-state index in [4.69, 9.17) is 37.9 Å². The lowest BCUT2D eigenvalue weighted by Crippen LogP contribution is -2.52. The Bertz CT molecular complexity index is 2040. The number of amides is 1. The zero-order chi connectivity index (χ0) is 57.0. The van der Waals surface area contributed by atoms with Crippen LogP contribution in [0.3, 0.4) is 0 Å². The SMILES string of the molecule is CCCOCCOCCOCCOCCOCCOCCOCCOCCn1cc(CCCCN2CCN(CC=O)CC2)nn1.Cc1nnc(C(C)C)n1C(C)CC1CCC(C)N1CCC(NC(=O)C1CN(C)C1)c1ccccc1. The zero-order valence-electron chi connectivity index (χ0n) is 50.1. The summed E-state index contributed by atoms with van der Waals surface area (Å²) in [5, 5.41) is 20.7. The first kappa shape index (κ1) is 67.0. The molecule has 454 valence electrons. The van der Waals surface area contributed by atoms with Gasteiger partial charge in [0.25, 0.3) is 0 Å². The molecule has 1 N–H and O–H groups in total. The molecule has 6 rings (SSSR count). The first-order chi connectivity index (χ1) is 39.1. The molecular weight excluding hydrogens is 1020 g/mol. The number of nitrogens with one attached hydrogen (secondary N) is 1. The van der Waals surface area contributed by atoms with E-state index >= 15 is 0 Å². The lowest BCUT2D eigenvalue weighted by atomic mass is 9.97. The Balaban J connectivity index is 0.000000302. The molecule has 4 unspecified atom stereocenters. The van der Waals surface area contributed by atoms with Gasteiger partial charge < -0.3 is 62.4 Å². The number of aromatic nitrogens is 6. The van der Waals surface area contributed by atoms with Gasteiger partial charge in [-0.1, -0.05) is 56.3 Å². The number of ether oxygens (including phenoxy) is 8. The number of hydrogen-bond acceptors (Lipinski definition) is 18. The van der Waals surface area contributed by atoms with E-state index in [1.165, 1.54) is 18.4 Å². The minimum absolute atomic E-state index is 0.0492. The highest BCUT2D eigenvalue weighted by Gasteiger charge is 2.35. The number of carbonyl (C=O) groups excluding carboxylic acids is 2. The Morgan fingerprint density at radius 3 is 1.81 bits per heavy atom. The van der Waals surface area contributed by atoms with Crippen LogP contribution in [0.25, 0.3) is 0 Å². The van der Waals surface area contributed by atoms with Crippen LogP contribution in [0.15, 0.2) is 36.5 Å². The summed E-state index contributed by atoms with van der Waals surface area (Å²) in [6.07, 6.45) is 11.7. The molecule has 3 aromatic rings. The van der Waals surface area contributed by atoms with Gasteiger partial charge in [-0.3, -0.25) is 14.6 Å². The number of benzene rings is 1. The molecule has 4 atom stereocenters. The van der Waals surface area contributed by atoms with Gasteiger partial charge in [-0.15, -0.1) is 15.3 Å². The highest BCUT2D eigenvalue weighted by molar-refractivity contribution is 5.80. The summed E-state index contributed by atoms with van der Waals surface area (Å²) in [5.41, 5.74) is 2.22. The van der Waals surface area contributed by atoms with Crippen LogP contribution >= 0.6 is 0 Å². The molecule has 3 saturated heterocycles. The topological polar surface area (TPSA) is 194 Å². The largest absolute Gasteiger partial charge is 0.379 e. The maximum absolute atomic E-state index is 12.9. The van der Waals surface area contributed by atoms with Gasteiger partial charge in [0.15, 0.2) is 0 Å². The van der Waals surface area contributed by atoms with Crippen molar-refractivity contribution in [2.24, 2.45) is 5.92 Å². The Labute approximate surface area is 479 Å². The second-order valence-electron chi connectivity index (χ2n) is 21.8. The van der Waals surface area contributed by atoms with Gasteiger partial charge in [0, 0.05) is 82.7 Å². The molecule has 3 aliphatic heterocycles. The fraction of sp³-hybridized carbons (Fsp3) is 0.797. The summed E-state index contributed by atoms with van der Waals surface area (Å²) < 4.78 is 48.1. The summed E-state index contributed by atoms with van der Waals surface area (Å²) in [4.78, 5) is 33.1. The number of aryl methyl sites for hydroxylation is 2. The maximum atomic E-state index is 12.9. The lowest BCUT2D eigenvalue weighted by molar-refractivity contribution is -0.130. The number of likely N-dealkylation sites (tertiary alicyclic amines) is 2. The van der Waals surface area contributed by atoms with Crippen LogP contribution in [0.1, 0.15) is 120 Å².